The highest BCUT2D eigenvalue weighted by Crippen LogP contribution is 2.30. The lowest BCUT2D eigenvalue weighted by Gasteiger charge is -2.09. The van der Waals surface area contributed by atoms with E-state index in [1.54, 1.807) is 12.1 Å². The lowest BCUT2D eigenvalue weighted by Crippen LogP contribution is -2.15. The van der Waals surface area contributed by atoms with Gasteiger partial charge in [0.25, 0.3) is 0 Å². The monoisotopic (exact) mass is 319 g/mol. The van der Waals surface area contributed by atoms with E-state index in [0.29, 0.717) is 11.3 Å². The van der Waals surface area contributed by atoms with Crippen LogP contribution >= 0.6 is 0 Å². The molecule has 0 spiro atoms. The zero-order valence-electron chi connectivity index (χ0n) is 12.1. The van der Waals surface area contributed by atoms with Crippen LogP contribution in [0.1, 0.15) is 11.1 Å². The lowest BCUT2D eigenvalue weighted by atomic mass is 10.1. The molecule has 0 aliphatic heterocycles. The van der Waals surface area contributed by atoms with Crippen LogP contribution in [0.3, 0.4) is 0 Å². The number of alkyl halides is 3. The van der Waals surface area contributed by atoms with Crippen LogP contribution in [0, 0.1) is 6.92 Å². The number of H-pyrrole nitrogens is 1. The predicted octanol–water partition coefficient (Wildman–Crippen LogP) is 3.55. The van der Waals surface area contributed by atoms with E-state index in [-0.39, 0.29) is 5.82 Å². The molecule has 3 aromatic rings. The van der Waals surface area contributed by atoms with Crippen molar-refractivity contribution in [1.29, 1.82) is 0 Å². The number of nitrogens with zero attached hydrogens (tertiary/aromatic N) is 2. The van der Waals surface area contributed by atoms with Crippen molar-refractivity contribution in [1.82, 2.24) is 14.8 Å². The summed E-state index contributed by atoms with van der Waals surface area (Å²) in [7, 11) is 0. The molecule has 0 amide bonds. The maximum atomic E-state index is 12.6. The topological polar surface area (TPSA) is 50.7 Å². The first-order valence-corrected chi connectivity index (χ1v) is 6.78. The second-order valence-corrected chi connectivity index (χ2v) is 5.10. The molecule has 0 aliphatic carbocycles. The number of halogens is 3. The Kier molecular flexibility index (Phi) is 3.55. The third kappa shape index (κ3) is 2.90. The fourth-order valence-corrected chi connectivity index (χ4v) is 2.23. The van der Waals surface area contributed by atoms with Gasteiger partial charge in [-0.25, -0.2) is 14.5 Å². The molecule has 0 saturated carbocycles. The Morgan fingerprint density at radius 1 is 1.00 bits per heavy atom. The molecule has 1 N–H and O–H groups in total. The van der Waals surface area contributed by atoms with Crippen molar-refractivity contribution in [3.63, 3.8) is 0 Å². The Balaban J connectivity index is 2.08. The van der Waals surface area contributed by atoms with Gasteiger partial charge in [-0.3, -0.25) is 0 Å². The van der Waals surface area contributed by atoms with Crippen LogP contribution in [0.25, 0.3) is 17.1 Å². The zero-order valence-corrected chi connectivity index (χ0v) is 12.1. The third-order valence-electron chi connectivity index (χ3n) is 3.43. The molecule has 0 saturated heterocycles. The molecule has 3 rings (SSSR count). The Morgan fingerprint density at radius 3 is 2.17 bits per heavy atom. The van der Waals surface area contributed by atoms with Gasteiger partial charge in [0, 0.05) is 5.56 Å². The minimum Gasteiger partial charge on any atom is -0.246 e. The highest BCUT2D eigenvalue weighted by Gasteiger charge is 2.30. The van der Waals surface area contributed by atoms with Gasteiger partial charge in [0.2, 0.25) is 0 Å². The summed E-state index contributed by atoms with van der Waals surface area (Å²) >= 11 is 0. The van der Waals surface area contributed by atoms with Crippen LogP contribution in [0.5, 0.6) is 0 Å². The van der Waals surface area contributed by atoms with E-state index in [4.69, 9.17) is 0 Å². The maximum absolute atomic E-state index is 12.6. The number of nitrogens with one attached hydrogen (secondary N) is 1. The molecule has 0 atom stereocenters. The van der Waals surface area contributed by atoms with E-state index in [2.05, 4.69) is 10.2 Å². The van der Waals surface area contributed by atoms with Crippen LogP contribution in [-0.4, -0.2) is 14.8 Å². The summed E-state index contributed by atoms with van der Waals surface area (Å²) in [5.41, 5.74) is 0.826. The van der Waals surface area contributed by atoms with Gasteiger partial charge in [-0.2, -0.15) is 18.3 Å². The molecule has 0 bridgehead atoms. The van der Waals surface area contributed by atoms with Gasteiger partial charge in [-0.1, -0.05) is 29.8 Å². The SMILES string of the molecule is Cc1ccc(-n2c(-c3ccc(C(F)(F)F)cc3)n[nH]c2=O)cc1. The summed E-state index contributed by atoms with van der Waals surface area (Å²) in [6, 6.07) is 11.7. The zero-order chi connectivity index (χ0) is 16.6. The number of rotatable bonds is 2. The van der Waals surface area contributed by atoms with Crippen LogP contribution in [0.15, 0.2) is 53.3 Å². The first kappa shape index (κ1) is 15.1. The molecule has 2 aromatic carbocycles. The largest absolute Gasteiger partial charge is 0.416 e. The first-order valence-electron chi connectivity index (χ1n) is 6.78. The van der Waals surface area contributed by atoms with E-state index >= 15 is 0 Å². The summed E-state index contributed by atoms with van der Waals surface area (Å²) in [5, 5.41) is 6.25. The highest BCUT2D eigenvalue weighted by atomic mass is 19.4. The normalized spacial score (nSPS) is 11.7. The summed E-state index contributed by atoms with van der Waals surface area (Å²) in [4.78, 5) is 12.0. The number of aryl methyl sites for hydroxylation is 1. The number of aromatic nitrogens is 3. The minimum absolute atomic E-state index is 0.257. The Morgan fingerprint density at radius 2 is 1.61 bits per heavy atom. The molecule has 23 heavy (non-hydrogen) atoms. The van der Waals surface area contributed by atoms with E-state index < -0.39 is 17.4 Å². The molecule has 118 valence electrons. The summed E-state index contributed by atoms with van der Waals surface area (Å²) in [5.74, 6) is 0.257. The molecule has 7 heteroatoms. The van der Waals surface area contributed by atoms with Crippen molar-refractivity contribution in [2.45, 2.75) is 13.1 Å². The Hall–Kier alpha value is -2.83. The fourth-order valence-electron chi connectivity index (χ4n) is 2.23. The molecule has 1 heterocycles. The molecule has 0 unspecified atom stereocenters. The van der Waals surface area contributed by atoms with Crippen molar-refractivity contribution >= 4 is 0 Å². The van der Waals surface area contributed by atoms with E-state index in [1.165, 1.54) is 16.7 Å². The second-order valence-electron chi connectivity index (χ2n) is 5.10. The van der Waals surface area contributed by atoms with E-state index in [9.17, 15) is 18.0 Å². The molecule has 0 radical (unpaired) electrons. The van der Waals surface area contributed by atoms with Crippen LogP contribution in [0.4, 0.5) is 13.2 Å². The summed E-state index contributed by atoms with van der Waals surface area (Å²) < 4.78 is 39.2. The summed E-state index contributed by atoms with van der Waals surface area (Å²) in [6.45, 7) is 1.92. The average Bonchev–Trinajstić information content (AvgIpc) is 2.89. The van der Waals surface area contributed by atoms with Crippen LogP contribution < -0.4 is 5.69 Å². The molecular formula is C16H12F3N3O. The van der Waals surface area contributed by atoms with Crippen molar-refractivity contribution in [2.75, 3.05) is 0 Å². The quantitative estimate of drug-likeness (QED) is 0.785. The Labute approximate surface area is 129 Å². The maximum Gasteiger partial charge on any atom is 0.416 e. The fraction of sp³-hybridized carbons (Fsp3) is 0.125. The van der Waals surface area contributed by atoms with Gasteiger partial charge in [0.05, 0.1) is 11.3 Å². The van der Waals surface area contributed by atoms with Gasteiger partial charge in [-0.05, 0) is 31.2 Å². The molecule has 0 fully saturated rings. The highest BCUT2D eigenvalue weighted by molar-refractivity contribution is 5.58. The standard InChI is InChI=1S/C16H12F3N3O/c1-10-2-8-13(9-3-10)22-14(20-21-15(22)23)11-4-6-12(7-5-11)16(17,18)19/h2-9H,1H3,(H,21,23). The summed E-state index contributed by atoms with van der Waals surface area (Å²) in [6.07, 6.45) is -4.40. The lowest BCUT2D eigenvalue weighted by molar-refractivity contribution is -0.137. The van der Waals surface area contributed by atoms with Crippen molar-refractivity contribution < 1.29 is 13.2 Å². The van der Waals surface area contributed by atoms with Gasteiger partial charge in [-0.15, -0.1) is 0 Å². The van der Waals surface area contributed by atoms with Crippen LogP contribution in [0.2, 0.25) is 0 Å². The molecular weight excluding hydrogens is 307 g/mol. The third-order valence-corrected chi connectivity index (χ3v) is 3.43. The predicted molar refractivity (Wildman–Crippen MR) is 79.4 cm³/mol. The van der Waals surface area contributed by atoms with Gasteiger partial charge in [0.15, 0.2) is 5.82 Å². The van der Waals surface area contributed by atoms with E-state index in [0.717, 1.165) is 17.7 Å². The molecule has 0 aliphatic rings. The second kappa shape index (κ2) is 5.42. The smallest absolute Gasteiger partial charge is 0.246 e. The van der Waals surface area contributed by atoms with Crippen molar-refractivity contribution in [3.05, 3.63) is 70.1 Å². The van der Waals surface area contributed by atoms with Gasteiger partial charge in [0.1, 0.15) is 0 Å². The first-order chi connectivity index (χ1) is 10.9. The van der Waals surface area contributed by atoms with Crippen molar-refractivity contribution in [2.24, 2.45) is 0 Å². The Bertz CT molecular complexity index is 875. The van der Waals surface area contributed by atoms with Crippen LogP contribution in [-0.2, 0) is 6.18 Å². The number of aromatic amines is 1. The number of hydrogen-bond donors (Lipinski definition) is 1. The molecule has 1 aromatic heterocycles. The number of hydrogen-bond acceptors (Lipinski definition) is 2. The average molecular weight is 319 g/mol. The van der Waals surface area contributed by atoms with Gasteiger partial charge < -0.3 is 0 Å². The van der Waals surface area contributed by atoms with Crippen molar-refractivity contribution in [3.8, 4) is 17.1 Å². The van der Waals surface area contributed by atoms with Gasteiger partial charge >= 0.3 is 11.9 Å². The van der Waals surface area contributed by atoms with E-state index in [1.807, 2.05) is 19.1 Å². The molecule has 4 nitrogen and oxygen atoms in total. The minimum atomic E-state index is -4.40. The number of benzene rings is 2.